The third kappa shape index (κ3) is 4.19. The highest BCUT2D eigenvalue weighted by atomic mass is 32.2. The van der Waals surface area contributed by atoms with Crippen LogP contribution >= 0.6 is 0 Å². The SMILES string of the molecule is CN1CCN(c2ncccc2CNS(=O)(=O)c2ccc(C#N)cc2)CC1. The highest BCUT2D eigenvalue weighted by Gasteiger charge is 2.19. The first-order valence-corrected chi connectivity index (χ1v) is 9.85. The molecular weight excluding hydrogens is 350 g/mol. The van der Waals surface area contributed by atoms with Gasteiger partial charge in [-0.25, -0.2) is 18.1 Å². The van der Waals surface area contributed by atoms with Crippen molar-refractivity contribution < 1.29 is 8.42 Å². The number of benzene rings is 1. The number of aromatic nitrogens is 1. The normalized spacial score (nSPS) is 15.6. The van der Waals surface area contributed by atoms with E-state index in [-0.39, 0.29) is 11.4 Å². The second kappa shape index (κ2) is 7.83. The van der Waals surface area contributed by atoms with E-state index >= 15 is 0 Å². The van der Waals surface area contributed by atoms with Gasteiger partial charge in [-0.15, -0.1) is 0 Å². The molecule has 0 amide bonds. The minimum absolute atomic E-state index is 0.140. The van der Waals surface area contributed by atoms with Crippen molar-refractivity contribution in [3.63, 3.8) is 0 Å². The van der Waals surface area contributed by atoms with Crippen molar-refractivity contribution in [3.05, 3.63) is 53.7 Å². The Morgan fingerprint density at radius 2 is 1.85 bits per heavy atom. The first-order chi connectivity index (χ1) is 12.5. The summed E-state index contributed by atoms with van der Waals surface area (Å²) < 4.78 is 27.6. The zero-order chi connectivity index (χ0) is 18.6. The Morgan fingerprint density at radius 3 is 2.50 bits per heavy atom. The molecule has 0 aliphatic carbocycles. The second-order valence-electron chi connectivity index (χ2n) is 6.24. The van der Waals surface area contributed by atoms with Crippen LogP contribution in [0.3, 0.4) is 0 Å². The lowest BCUT2D eigenvalue weighted by Gasteiger charge is -2.34. The van der Waals surface area contributed by atoms with Crippen molar-refractivity contribution in [1.82, 2.24) is 14.6 Å². The molecule has 3 rings (SSSR count). The quantitative estimate of drug-likeness (QED) is 0.849. The van der Waals surface area contributed by atoms with Crippen molar-refractivity contribution in [2.24, 2.45) is 0 Å². The van der Waals surface area contributed by atoms with E-state index in [1.807, 2.05) is 18.2 Å². The molecule has 26 heavy (non-hydrogen) atoms. The number of hydrogen-bond acceptors (Lipinski definition) is 6. The molecule has 0 unspecified atom stereocenters. The first kappa shape index (κ1) is 18.3. The number of piperazine rings is 1. The monoisotopic (exact) mass is 371 g/mol. The van der Waals surface area contributed by atoms with Crippen molar-refractivity contribution in [2.45, 2.75) is 11.4 Å². The number of nitriles is 1. The van der Waals surface area contributed by atoms with E-state index in [4.69, 9.17) is 5.26 Å². The first-order valence-electron chi connectivity index (χ1n) is 8.37. The predicted octanol–water partition coefficient (Wildman–Crippen LogP) is 1.18. The van der Waals surface area contributed by atoms with E-state index in [2.05, 4.69) is 26.6 Å². The summed E-state index contributed by atoms with van der Waals surface area (Å²) in [5.74, 6) is 0.822. The minimum Gasteiger partial charge on any atom is -0.354 e. The summed E-state index contributed by atoms with van der Waals surface area (Å²) in [5.41, 5.74) is 1.27. The molecule has 0 atom stereocenters. The van der Waals surface area contributed by atoms with Gasteiger partial charge in [0.05, 0.1) is 16.5 Å². The number of anilines is 1. The summed E-state index contributed by atoms with van der Waals surface area (Å²) in [7, 11) is -1.57. The Bertz CT molecular complexity index is 898. The van der Waals surface area contributed by atoms with Gasteiger partial charge in [0.15, 0.2) is 0 Å². The minimum atomic E-state index is -3.65. The van der Waals surface area contributed by atoms with Crippen LogP contribution in [0.5, 0.6) is 0 Å². The molecule has 2 heterocycles. The van der Waals surface area contributed by atoms with Crippen LogP contribution in [0.2, 0.25) is 0 Å². The third-order valence-electron chi connectivity index (χ3n) is 4.42. The topological polar surface area (TPSA) is 89.3 Å². The van der Waals surface area contributed by atoms with Gasteiger partial charge in [-0.05, 0) is 37.4 Å². The second-order valence-corrected chi connectivity index (χ2v) is 8.00. The maximum atomic E-state index is 12.5. The van der Waals surface area contributed by atoms with E-state index in [9.17, 15) is 8.42 Å². The lowest BCUT2D eigenvalue weighted by molar-refractivity contribution is 0.312. The number of sulfonamides is 1. The highest BCUT2D eigenvalue weighted by Crippen LogP contribution is 2.19. The van der Waals surface area contributed by atoms with E-state index in [0.29, 0.717) is 5.56 Å². The van der Waals surface area contributed by atoms with E-state index < -0.39 is 10.0 Å². The van der Waals surface area contributed by atoms with E-state index in [1.165, 1.54) is 24.3 Å². The molecule has 1 N–H and O–H groups in total. The summed E-state index contributed by atoms with van der Waals surface area (Å²) in [6.07, 6.45) is 1.73. The Labute approximate surface area is 153 Å². The molecule has 136 valence electrons. The van der Waals surface area contributed by atoms with Gasteiger partial charge in [-0.1, -0.05) is 6.07 Å². The molecule has 8 heteroatoms. The van der Waals surface area contributed by atoms with Crippen LogP contribution in [-0.4, -0.2) is 51.5 Å². The average Bonchev–Trinajstić information content (AvgIpc) is 2.67. The molecule has 0 spiro atoms. The molecule has 1 saturated heterocycles. The van der Waals surface area contributed by atoms with Gasteiger partial charge in [0.25, 0.3) is 0 Å². The molecule has 1 aromatic heterocycles. The van der Waals surface area contributed by atoms with Crippen molar-refractivity contribution in [1.29, 1.82) is 5.26 Å². The van der Waals surface area contributed by atoms with Crippen LogP contribution in [-0.2, 0) is 16.6 Å². The fourth-order valence-corrected chi connectivity index (χ4v) is 3.84. The van der Waals surface area contributed by atoms with Crippen molar-refractivity contribution >= 4 is 15.8 Å². The maximum absolute atomic E-state index is 12.5. The molecule has 0 radical (unpaired) electrons. The van der Waals surface area contributed by atoms with Crippen LogP contribution in [0.1, 0.15) is 11.1 Å². The standard InChI is InChI=1S/C18H21N5O2S/c1-22-9-11-23(12-10-22)18-16(3-2-8-20-18)14-21-26(24,25)17-6-4-15(13-19)5-7-17/h2-8,21H,9-12,14H2,1H3. The van der Waals surface area contributed by atoms with Gasteiger partial charge in [0.2, 0.25) is 10.0 Å². The molecule has 0 saturated carbocycles. The summed E-state index contributed by atoms with van der Waals surface area (Å²) in [4.78, 5) is 9.04. The molecule has 7 nitrogen and oxygen atoms in total. The largest absolute Gasteiger partial charge is 0.354 e. The van der Waals surface area contributed by atoms with Crippen LogP contribution < -0.4 is 9.62 Å². The molecular formula is C18H21N5O2S. The van der Waals surface area contributed by atoms with Crippen molar-refractivity contribution in [3.8, 4) is 6.07 Å². The number of pyridine rings is 1. The summed E-state index contributed by atoms with van der Waals surface area (Å²) in [6, 6.07) is 11.5. The lowest BCUT2D eigenvalue weighted by atomic mass is 10.2. The average molecular weight is 371 g/mol. The van der Waals surface area contributed by atoms with Gasteiger partial charge in [-0.3, -0.25) is 0 Å². The molecule has 1 fully saturated rings. The Morgan fingerprint density at radius 1 is 1.15 bits per heavy atom. The van der Waals surface area contributed by atoms with Crippen LogP contribution in [0, 0.1) is 11.3 Å². The fourth-order valence-electron chi connectivity index (χ4n) is 2.84. The molecule has 1 aliphatic heterocycles. The number of rotatable bonds is 5. The zero-order valence-corrected chi connectivity index (χ0v) is 15.4. The van der Waals surface area contributed by atoms with Gasteiger partial charge >= 0.3 is 0 Å². The number of hydrogen-bond donors (Lipinski definition) is 1. The van der Waals surface area contributed by atoms with Crippen molar-refractivity contribution in [2.75, 3.05) is 38.1 Å². The zero-order valence-electron chi connectivity index (χ0n) is 14.6. The van der Waals surface area contributed by atoms with Gasteiger partial charge in [0.1, 0.15) is 5.82 Å². The van der Waals surface area contributed by atoms with E-state index in [0.717, 1.165) is 37.6 Å². The Hall–Kier alpha value is -2.47. The molecule has 2 aromatic rings. The Balaban J connectivity index is 1.74. The lowest BCUT2D eigenvalue weighted by Crippen LogP contribution is -2.45. The third-order valence-corrected chi connectivity index (χ3v) is 5.83. The van der Waals surface area contributed by atoms with Gasteiger partial charge < -0.3 is 9.80 Å². The number of nitrogens with one attached hydrogen (secondary N) is 1. The van der Waals surface area contributed by atoms with Gasteiger partial charge in [0, 0.05) is 44.5 Å². The van der Waals surface area contributed by atoms with E-state index in [1.54, 1.807) is 6.20 Å². The molecule has 1 aromatic carbocycles. The van der Waals surface area contributed by atoms with Crippen LogP contribution in [0.4, 0.5) is 5.82 Å². The molecule has 0 bridgehead atoms. The summed E-state index contributed by atoms with van der Waals surface area (Å²) in [5, 5.41) is 8.82. The maximum Gasteiger partial charge on any atom is 0.240 e. The highest BCUT2D eigenvalue weighted by molar-refractivity contribution is 7.89. The van der Waals surface area contributed by atoms with Crippen LogP contribution in [0.15, 0.2) is 47.5 Å². The molecule has 1 aliphatic rings. The summed E-state index contributed by atoms with van der Waals surface area (Å²) in [6.45, 7) is 3.80. The fraction of sp³-hybridized carbons (Fsp3) is 0.333. The van der Waals surface area contributed by atoms with Crippen LogP contribution in [0.25, 0.3) is 0 Å². The van der Waals surface area contributed by atoms with Gasteiger partial charge in [-0.2, -0.15) is 5.26 Å². The number of likely N-dealkylation sites (N-methyl/N-ethyl adjacent to an activating group) is 1. The Kier molecular flexibility index (Phi) is 5.52. The number of nitrogens with zero attached hydrogens (tertiary/aromatic N) is 4. The summed E-state index contributed by atoms with van der Waals surface area (Å²) >= 11 is 0. The smallest absolute Gasteiger partial charge is 0.240 e. The predicted molar refractivity (Wildman–Crippen MR) is 99.1 cm³/mol.